The van der Waals surface area contributed by atoms with Gasteiger partial charge in [-0.05, 0) is 50.3 Å². The number of anilines is 1. The van der Waals surface area contributed by atoms with Gasteiger partial charge in [0.05, 0.1) is 19.1 Å². The molecule has 8 heteroatoms. The number of hydrogen-bond acceptors (Lipinski definition) is 5. The molecule has 4 aliphatic rings. The molecular weight excluding hydrogens is 446 g/mol. The molecule has 8 nitrogen and oxygen atoms in total. The van der Waals surface area contributed by atoms with E-state index in [9.17, 15) is 14.7 Å². The summed E-state index contributed by atoms with van der Waals surface area (Å²) in [6, 6.07) is 6.03. The highest BCUT2D eigenvalue weighted by atomic mass is 16.6. The van der Waals surface area contributed by atoms with Gasteiger partial charge in [-0.3, -0.25) is 4.79 Å². The van der Waals surface area contributed by atoms with Crippen LogP contribution >= 0.6 is 0 Å². The van der Waals surface area contributed by atoms with E-state index in [1.807, 2.05) is 18.2 Å². The summed E-state index contributed by atoms with van der Waals surface area (Å²) in [5.74, 6) is 0.783. The fourth-order valence-corrected chi connectivity index (χ4v) is 6.31. The predicted molar refractivity (Wildman–Crippen MR) is 133 cm³/mol. The highest BCUT2D eigenvalue weighted by Gasteiger charge is 2.46. The minimum Gasteiger partial charge on any atom is -0.487 e. The van der Waals surface area contributed by atoms with Crippen LogP contribution in [0.15, 0.2) is 18.2 Å². The zero-order valence-corrected chi connectivity index (χ0v) is 20.5. The van der Waals surface area contributed by atoms with Crippen molar-refractivity contribution in [1.82, 2.24) is 10.6 Å². The molecule has 2 aliphatic heterocycles. The van der Waals surface area contributed by atoms with Crippen molar-refractivity contribution in [3.8, 4) is 5.75 Å². The van der Waals surface area contributed by atoms with Crippen LogP contribution in [-0.2, 0) is 9.53 Å². The Morgan fingerprint density at radius 1 is 0.943 bits per heavy atom. The summed E-state index contributed by atoms with van der Waals surface area (Å²) in [5, 5.41) is 19.2. The third-order valence-corrected chi connectivity index (χ3v) is 8.08. The van der Waals surface area contributed by atoms with Crippen LogP contribution in [0.3, 0.4) is 0 Å². The zero-order chi connectivity index (χ0) is 24.2. The van der Waals surface area contributed by atoms with Crippen LogP contribution in [0.5, 0.6) is 5.75 Å². The number of aliphatic hydroxyl groups excluding tert-OH is 1. The summed E-state index contributed by atoms with van der Waals surface area (Å²) in [6.45, 7) is -0.162. The first kappa shape index (κ1) is 24.4. The fraction of sp³-hybridized carbons (Fsp3) is 0.704. The van der Waals surface area contributed by atoms with Crippen LogP contribution < -0.4 is 20.7 Å². The Kier molecular flexibility index (Phi) is 7.78. The van der Waals surface area contributed by atoms with E-state index < -0.39 is 6.10 Å². The maximum Gasteiger partial charge on any atom is 0.319 e. The molecule has 1 aromatic carbocycles. The van der Waals surface area contributed by atoms with Crippen LogP contribution in [0, 0.1) is 0 Å². The molecule has 2 aliphatic carbocycles. The number of benzene rings is 1. The van der Waals surface area contributed by atoms with Crippen molar-refractivity contribution in [3.63, 3.8) is 0 Å². The summed E-state index contributed by atoms with van der Waals surface area (Å²) >= 11 is 0. The van der Waals surface area contributed by atoms with Crippen LogP contribution in [0.2, 0.25) is 0 Å². The molecule has 5 rings (SSSR count). The number of carbonyl (C=O) groups is 2. The summed E-state index contributed by atoms with van der Waals surface area (Å²) in [4.78, 5) is 25.3. The summed E-state index contributed by atoms with van der Waals surface area (Å²) in [7, 11) is 0. The lowest BCUT2D eigenvalue weighted by atomic mass is 9.84. The molecule has 3 fully saturated rings. The SMILES string of the molecule is O=C(C[C@@H]1C[C@H]2c3cc(NC(=O)NC4CCCCC4)ccc3O[C@H]2[C@@H](CO)O1)NC1CCCCC1. The highest BCUT2D eigenvalue weighted by molar-refractivity contribution is 5.89. The number of rotatable bonds is 6. The molecule has 4 atom stereocenters. The molecule has 3 amide bonds. The van der Waals surface area contributed by atoms with E-state index in [1.54, 1.807) is 0 Å². The molecule has 0 bridgehead atoms. The second-order valence-electron chi connectivity index (χ2n) is 10.7. The van der Waals surface area contributed by atoms with E-state index >= 15 is 0 Å². The number of amides is 3. The molecule has 192 valence electrons. The van der Waals surface area contributed by atoms with Crippen LogP contribution in [-0.4, -0.2) is 54.0 Å². The Morgan fingerprint density at radius 3 is 2.31 bits per heavy atom. The molecule has 0 radical (unpaired) electrons. The Balaban J connectivity index is 1.22. The lowest BCUT2D eigenvalue weighted by molar-refractivity contribution is -0.142. The van der Waals surface area contributed by atoms with Crippen molar-refractivity contribution in [1.29, 1.82) is 0 Å². The molecule has 1 aromatic rings. The van der Waals surface area contributed by atoms with E-state index in [0.29, 0.717) is 6.42 Å². The first-order chi connectivity index (χ1) is 17.1. The largest absolute Gasteiger partial charge is 0.487 e. The number of carbonyl (C=O) groups excluding carboxylic acids is 2. The third-order valence-electron chi connectivity index (χ3n) is 8.08. The second kappa shape index (κ2) is 11.2. The van der Waals surface area contributed by atoms with Crippen molar-refractivity contribution in [2.45, 2.75) is 113 Å². The quantitative estimate of drug-likeness (QED) is 0.488. The Labute approximate surface area is 207 Å². The lowest BCUT2D eigenvalue weighted by Crippen LogP contribution is -2.48. The maximum absolute atomic E-state index is 12.7. The molecule has 0 spiro atoms. The van der Waals surface area contributed by atoms with Gasteiger partial charge in [-0.15, -0.1) is 0 Å². The molecule has 35 heavy (non-hydrogen) atoms. The first-order valence-electron chi connectivity index (χ1n) is 13.5. The Bertz CT molecular complexity index is 897. The molecule has 2 saturated carbocycles. The Morgan fingerprint density at radius 2 is 1.63 bits per heavy atom. The number of aliphatic hydroxyl groups is 1. The van der Waals surface area contributed by atoms with Gasteiger partial charge in [0.25, 0.3) is 0 Å². The first-order valence-corrected chi connectivity index (χ1v) is 13.5. The number of nitrogens with one attached hydrogen (secondary N) is 3. The van der Waals surface area contributed by atoms with Gasteiger partial charge < -0.3 is 30.5 Å². The van der Waals surface area contributed by atoms with Gasteiger partial charge in [0.2, 0.25) is 5.91 Å². The summed E-state index contributed by atoms with van der Waals surface area (Å²) < 4.78 is 12.3. The smallest absolute Gasteiger partial charge is 0.319 e. The zero-order valence-electron chi connectivity index (χ0n) is 20.5. The van der Waals surface area contributed by atoms with Gasteiger partial charge in [0.1, 0.15) is 18.0 Å². The van der Waals surface area contributed by atoms with E-state index in [0.717, 1.165) is 55.5 Å². The number of urea groups is 1. The van der Waals surface area contributed by atoms with Crippen LogP contribution in [0.4, 0.5) is 10.5 Å². The summed E-state index contributed by atoms with van der Waals surface area (Å²) in [5.41, 5.74) is 1.73. The number of ether oxygens (including phenoxy) is 2. The van der Waals surface area contributed by atoms with Crippen molar-refractivity contribution < 1.29 is 24.2 Å². The average molecular weight is 486 g/mol. The molecule has 2 heterocycles. The van der Waals surface area contributed by atoms with Crippen molar-refractivity contribution in [2.24, 2.45) is 0 Å². The fourth-order valence-electron chi connectivity index (χ4n) is 6.31. The molecule has 0 unspecified atom stereocenters. The molecule has 0 aromatic heterocycles. The van der Waals surface area contributed by atoms with Crippen LogP contribution in [0.25, 0.3) is 0 Å². The van der Waals surface area contributed by atoms with E-state index in [2.05, 4.69) is 16.0 Å². The predicted octanol–water partition coefficient (Wildman–Crippen LogP) is 3.97. The van der Waals surface area contributed by atoms with Crippen molar-refractivity contribution in [3.05, 3.63) is 23.8 Å². The van der Waals surface area contributed by atoms with Crippen molar-refractivity contribution >= 4 is 17.6 Å². The molecular formula is C27H39N3O5. The molecule has 4 N–H and O–H groups in total. The maximum atomic E-state index is 12.7. The third kappa shape index (κ3) is 5.92. The standard InChI is InChI=1S/C27H39N3O5/c31-16-24-26-22(14-20(34-24)15-25(32)28-17-7-3-1-4-8-17)21-13-19(11-12-23(21)35-26)30-27(33)29-18-9-5-2-6-10-18/h11-13,17-18,20,22,24,26,31H,1-10,14-16H2,(H,28,32)(H2,29,30,33)/t20-,22-,24+,26+/m0/s1. The average Bonchev–Trinajstić information content (AvgIpc) is 3.22. The lowest BCUT2D eigenvalue weighted by Gasteiger charge is -2.37. The number of hydrogen-bond donors (Lipinski definition) is 4. The minimum atomic E-state index is -0.486. The normalized spacial score (nSPS) is 28.9. The topological polar surface area (TPSA) is 109 Å². The van der Waals surface area contributed by atoms with E-state index in [-0.39, 0.29) is 55.2 Å². The van der Waals surface area contributed by atoms with Gasteiger partial charge in [-0.25, -0.2) is 4.79 Å². The van der Waals surface area contributed by atoms with Gasteiger partial charge in [0.15, 0.2) is 0 Å². The van der Waals surface area contributed by atoms with Gasteiger partial charge in [-0.1, -0.05) is 38.5 Å². The van der Waals surface area contributed by atoms with Gasteiger partial charge in [-0.2, -0.15) is 0 Å². The van der Waals surface area contributed by atoms with Gasteiger partial charge >= 0.3 is 6.03 Å². The highest BCUT2D eigenvalue weighted by Crippen LogP contribution is 2.47. The monoisotopic (exact) mass is 485 g/mol. The minimum absolute atomic E-state index is 0.00605. The molecule has 1 saturated heterocycles. The van der Waals surface area contributed by atoms with E-state index in [4.69, 9.17) is 9.47 Å². The van der Waals surface area contributed by atoms with Gasteiger partial charge in [0, 0.05) is 29.3 Å². The Hall–Kier alpha value is -2.32. The summed E-state index contributed by atoms with van der Waals surface area (Å²) in [6.07, 6.45) is 11.2. The van der Waals surface area contributed by atoms with Crippen molar-refractivity contribution in [2.75, 3.05) is 11.9 Å². The second-order valence-corrected chi connectivity index (χ2v) is 10.7. The van der Waals surface area contributed by atoms with Crippen LogP contribution in [0.1, 0.15) is 88.5 Å². The number of fused-ring (bicyclic) bond motifs is 3. The van der Waals surface area contributed by atoms with E-state index in [1.165, 1.54) is 25.7 Å².